The van der Waals surface area contributed by atoms with Crippen molar-refractivity contribution < 1.29 is 27.4 Å². The van der Waals surface area contributed by atoms with Crippen LogP contribution in [0.5, 0.6) is 11.5 Å². The molecule has 0 spiro atoms. The van der Waals surface area contributed by atoms with Gasteiger partial charge in [-0.15, -0.1) is 0 Å². The zero-order valence-corrected chi connectivity index (χ0v) is 25.1. The summed E-state index contributed by atoms with van der Waals surface area (Å²) in [6.07, 6.45) is 2.78. The highest BCUT2D eigenvalue weighted by molar-refractivity contribution is 7.92. The number of nitrogens with zero attached hydrogens (tertiary/aromatic N) is 2. The average molecular weight is 609 g/mol. The number of methoxy groups -OCH3 is 2. The fraction of sp³-hybridized carbons (Fsp3) is 0.419. The Kier molecular flexibility index (Phi) is 8.06. The third-order valence-corrected chi connectivity index (χ3v) is 9.88. The Morgan fingerprint density at radius 3 is 2.67 bits per heavy atom. The van der Waals surface area contributed by atoms with Crippen LogP contribution < -0.4 is 30.0 Å². The second-order valence-corrected chi connectivity index (χ2v) is 13.0. The molecule has 3 aliphatic heterocycles. The second-order valence-electron chi connectivity index (χ2n) is 11.3. The molecule has 12 heteroatoms. The third kappa shape index (κ3) is 5.94. The van der Waals surface area contributed by atoms with E-state index in [0.29, 0.717) is 49.8 Å². The van der Waals surface area contributed by atoms with Crippen molar-refractivity contribution in [3.05, 3.63) is 76.2 Å². The Bertz CT molecular complexity index is 1680. The van der Waals surface area contributed by atoms with E-state index < -0.39 is 10.0 Å². The van der Waals surface area contributed by atoms with Crippen molar-refractivity contribution in [2.75, 3.05) is 50.1 Å². The van der Waals surface area contributed by atoms with Crippen LogP contribution in [-0.4, -0.2) is 65.5 Å². The fourth-order valence-electron chi connectivity index (χ4n) is 6.44. The lowest BCUT2D eigenvalue weighted by Crippen LogP contribution is -2.47. The molecule has 3 atom stereocenters. The first-order valence-electron chi connectivity index (χ1n) is 14.5. The van der Waals surface area contributed by atoms with Crippen molar-refractivity contribution >= 4 is 27.3 Å². The molecule has 0 aliphatic carbocycles. The molecule has 2 bridgehead atoms. The highest BCUT2D eigenvalue weighted by Crippen LogP contribution is 2.40. The monoisotopic (exact) mass is 608 g/mol. The molecule has 43 heavy (non-hydrogen) atoms. The van der Waals surface area contributed by atoms with E-state index in [1.807, 2.05) is 10.6 Å². The van der Waals surface area contributed by atoms with Gasteiger partial charge in [0.2, 0.25) is 0 Å². The number of rotatable bonds is 9. The number of hydrogen-bond donors (Lipinski definition) is 2. The van der Waals surface area contributed by atoms with E-state index in [4.69, 9.17) is 14.2 Å². The van der Waals surface area contributed by atoms with Gasteiger partial charge in [-0.25, -0.2) is 8.42 Å². The minimum atomic E-state index is -4.17. The number of nitrogens with one attached hydrogen (secondary N) is 2. The summed E-state index contributed by atoms with van der Waals surface area (Å²) >= 11 is 0. The lowest BCUT2D eigenvalue weighted by atomic mass is 9.83. The lowest BCUT2D eigenvalue weighted by Gasteiger charge is -2.44. The molecule has 6 rings (SSSR count). The number of carbonyl (C=O) groups is 1. The summed E-state index contributed by atoms with van der Waals surface area (Å²) in [5.41, 5.74) is 2.25. The molecule has 3 aromatic rings. The molecule has 228 valence electrons. The Labute approximate surface area is 250 Å². The van der Waals surface area contributed by atoms with E-state index in [0.717, 1.165) is 25.0 Å². The van der Waals surface area contributed by atoms with Gasteiger partial charge in [-0.2, -0.15) is 0 Å². The standard InChI is InChI=1S/C31H36N4O7S/c1-40-23-9-11-28(41-2)29(15-23)43(38,39)33-25-14-21(31(37)32-16-24-5-4-12-42-24)8-10-27(25)34-17-20-13-22(19-34)26-6-3-7-30(36)35(26)18-20/h3,6-11,14-15,20,22,24,33H,4-5,12-13,16-19H2,1-2H3,(H,32,37)/t20-,22+,24-/m1/s1. The Morgan fingerprint density at radius 1 is 1.05 bits per heavy atom. The third-order valence-electron chi connectivity index (χ3n) is 8.50. The summed E-state index contributed by atoms with van der Waals surface area (Å²) in [6, 6.07) is 15.0. The molecule has 2 aromatic carbocycles. The van der Waals surface area contributed by atoms with Crippen LogP contribution in [0.3, 0.4) is 0 Å². The number of hydrogen-bond acceptors (Lipinski definition) is 8. The number of pyridine rings is 1. The first kappa shape index (κ1) is 29.1. The largest absolute Gasteiger partial charge is 0.497 e. The molecule has 1 amide bonds. The molecule has 2 fully saturated rings. The van der Waals surface area contributed by atoms with Crippen LogP contribution in [0.15, 0.2) is 64.3 Å². The number of aromatic nitrogens is 1. The summed E-state index contributed by atoms with van der Waals surface area (Å²) in [6.45, 7) is 2.91. The summed E-state index contributed by atoms with van der Waals surface area (Å²) in [4.78, 5) is 27.8. The number of benzene rings is 2. The van der Waals surface area contributed by atoms with E-state index in [2.05, 4.69) is 14.9 Å². The number of anilines is 2. The predicted octanol–water partition coefficient (Wildman–Crippen LogP) is 3.20. The molecular weight excluding hydrogens is 572 g/mol. The van der Waals surface area contributed by atoms with E-state index in [9.17, 15) is 18.0 Å². The molecule has 2 saturated heterocycles. The second kappa shape index (κ2) is 11.9. The Balaban J connectivity index is 1.35. The maximum atomic E-state index is 13.8. The molecule has 1 aromatic heterocycles. The van der Waals surface area contributed by atoms with Crippen molar-refractivity contribution in [1.82, 2.24) is 9.88 Å². The lowest BCUT2D eigenvalue weighted by molar-refractivity contribution is 0.0858. The minimum Gasteiger partial charge on any atom is -0.497 e. The maximum absolute atomic E-state index is 13.8. The number of piperidine rings is 1. The van der Waals surface area contributed by atoms with E-state index in [1.165, 1.54) is 26.4 Å². The van der Waals surface area contributed by atoms with E-state index >= 15 is 0 Å². The van der Waals surface area contributed by atoms with Gasteiger partial charge >= 0.3 is 0 Å². The van der Waals surface area contributed by atoms with Gasteiger partial charge in [0.05, 0.1) is 31.7 Å². The first-order valence-corrected chi connectivity index (χ1v) is 16.0. The summed E-state index contributed by atoms with van der Waals surface area (Å²) in [7, 11) is -1.31. The highest BCUT2D eigenvalue weighted by Gasteiger charge is 2.36. The van der Waals surface area contributed by atoms with Crippen molar-refractivity contribution in [1.29, 1.82) is 0 Å². The van der Waals surface area contributed by atoms with Gasteiger partial charge in [0, 0.05) is 62.1 Å². The van der Waals surface area contributed by atoms with Gasteiger partial charge in [-0.3, -0.25) is 14.3 Å². The van der Waals surface area contributed by atoms with Crippen LogP contribution >= 0.6 is 0 Å². The number of sulfonamides is 1. The molecule has 0 radical (unpaired) electrons. The maximum Gasteiger partial charge on any atom is 0.265 e. The van der Waals surface area contributed by atoms with Gasteiger partial charge in [0.15, 0.2) is 0 Å². The summed E-state index contributed by atoms with van der Waals surface area (Å²) in [5, 5.41) is 2.92. The van der Waals surface area contributed by atoms with Crippen LogP contribution in [0, 0.1) is 5.92 Å². The SMILES string of the molecule is COc1ccc(OC)c(S(=O)(=O)Nc2cc(C(=O)NC[C@H]3CCCO3)ccc2N2C[C@H]3C[C@@H](C2)c2cccc(=O)n2C3)c1. The van der Waals surface area contributed by atoms with Gasteiger partial charge in [0.25, 0.3) is 21.5 Å². The molecule has 3 aliphatic rings. The van der Waals surface area contributed by atoms with Gasteiger partial charge < -0.3 is 29.0 Å². The molecular formula is C31H36N4O7S. The molecule has 0 unspecified atom stereocenters. The highest BCUT2D eigenvalue weighted by atomic mass is 32.2. The fourth-order valence-corrected chi connectivity index (χ4v) is 7.69. The molecule has 0 saturated carbocycles. The number of amides is 1. The topological polar surface area (TPSA) is 128 Å². The van der Waals surface area contributed by atoms with Crippen LogP contribution in [-0.2, 0) is 21.3 Å². The summed E-state index contributed by atoms with van der Waals surface area (Å²) < 4.78 is 48.6. The number of carbonyl (C=O) groups excluding carboxylic acids is 1. The number of fused-ring (bicyclic) bond motifs is 4. The van der Waals surface area contributed by atoms with Crippen molar-refractivity contribution in [2.45, 2.75) is 42.7 Å². The van der Waals surface area contributed by atoms with Crippen molar-refractivity contribution in [3.8, 4) is 11.5 Å². The van der Waals surface area contributed by atoms with E-state index in [1.54, 1.807) is 36.4 Å². The van der Waals surface area contributed by atoms with Crippen molar-refractivity contribution in [2.24, 2.45) is 5.92 Å². The van der Waals surface area contributed by atoms with Crippen molar-refractivity contribution in [3.63, 3.8) is 0 Å². The quantitative estimate of drug-likeness (QED) is 0.379. The zero-order chi connectivity index (χ0) is 30.1. The van der Waals surface area contributed by atoms with Gasteiger partial charge in [0.1, 0.15) is 16.4 Å². The smallest absolute Gasteiger partial charge is 0.265 e. The zero-order valence-electron chi connectivity index (χ0n) is 24.2. The predicted molar refractivity (Wildman–Crippen MR) is 162 cm³/mol. The Hall–Kier alpha value is -4.03. The van der Waals surface area contributed by atoms with Crippen LogP contribution in [0.4, 0.5) is 11.4 Å². The van der Waals surface area contributed by atoms with Crippen LogP contribution in [0.25, 0.3) is 0 Å². The minimum absolute atomic E-state index is 0.000273. The molecule has 4 heterocycles. The van der Waals surface area contributed by atoms with Gasteiger partial charge in [-0.1, -0.05) is 6.07 Å². The molecule has 2 N–H and O–H groups in total. The van der Waals surface area contributed by atoms with E-state index in [-0.39, 0.29) is 45.7 Å². The molecule has 11 nitrogen and oxygen atoms in total. The average Bonchev–Trinajstić information content (AvgIpc) is 3.53. The Morgan fingerprint density at radius 2 is 1.91 bits per heavy atom. The normalized spacial score (nSPS) is 21.2. The van der Waals surface area contributed by atoms with Crippen LogP contribution in [0.2, 0.25) is 0 Å². The van der Waals surface area contributed by atoms with Gasteiger partial charge in [-0.05, 0) is 61.6 Å². The number of ether oxygens (including phenoxy) is 3. The summed E-state index contributed by atoms with van der Waals surface area (Å²) in [5.74, 6) is 0.531. The first-order chi connectivity index (χ1) is 20.8. The van der Waals surface area contributed by atoms with Crippen LogP contribution in [0.1, 0.15) is 41.2 Å².